The lowest BCUT2D eigenvalue weighted by Gasteiger charge is -2.36. The largest absolute Gasteiger partial charge is 0.497 e. The van der Waals surface area contributed by atoms with E-state index >= 15 is 0 Å². The van der Waals surface area contributed by atoms with E-state index in [9.17, 15) is 4.79 Å². The molecule has 1 N–H and O–H groups in total. The van der Waals surface area contributed by atoms with Crippen molar-refractivity contribution in [3.05, 3.63) is 80.7 Å². The van der Waals surface area contributed by atoms with Gasteiger partial charge in [-0.15, -0.1) is 11.3 Å². The Morgan fingerprint density at radius 3 is 2.47 bits per heavy atom. The number of amides is 1. The molecule has 1 amide bonds. The van der Waals surface area contributed by atoms with Gasteiger partial charge in [0.2, 0.25) is 0 Å². The molecule has 1 aliphatic heterocycles. The van der Waals surface area contributed by atoms with E-state index in [0.717, 1.165) is 40.0 Å². The molecule has 0 bridgehead atoms. The summed E-state index contributed by atoms with van der Waals surface area (Å²) < 4.78 is 10.8. The van der Waals surface area contributed by atoms with Crippen molar-refractivity contribution in [3.63, 3.8) is 0 Å². The first-order chi connectivity index (χ1) is 15.5. The zero-order valence-corrected chi connectivity index (χ0v) is 20.1. The number of benzene rings is 2. The fraction of sp³-hybridized carbons (Fsp3) is 0.320. The van der Waals surface area contributed by atoms with Gasteiger partial charge in [-0.05, 0) is 55.3 Å². The summed E-state index contributed by atoms with van der Waals surface area (Å²) in [5.41, 5.74) is 3.90. The summed E-state index contributed by atoms with van der Waals surface area (Å²) >= 11 is 8.28. The molecule has 1 atom stereocenters. The second-order valence-electron chi connectivity index (χ2n) is 7.78. The summed E-state index contributed by atoms with van der Waals surface area (Å²) in [6.45, 7) is 7.17. The van der Waals surface area contributed by atoms with Crippen molar-refractivity contribution in [2.24, 2.45) is 0 Å². The second kappa shape index (κ2) is 10.0. The van der Waals surface area contributed by atoms with Crippen molar-refractivity contribution in [2.45, 2.75) is 19.9 Å². The molecule has 1 fully saturated rings. The van der Waals surface area contributed by atoms with Crippen LogP contribution in [0, 0.1) is 13.8 Å². The summed E-state index contributed by atoms with van der Waals surface area (Å²) in [6, 6.07) is 15.0. The molecule has 2 heterocycles. The molecule has 5 nitrogen and oxygen atoms in total. The Labute approximate surface area is 197 Å². The highest BCUT2D eigenvalue weighted by Crippen LogP contribution is 2.44. The zero-order chi connectivity index (χ0) is 22.7. The van der Waals surface area contributed by atoms with E-state index in [2.05, 4.69) is 30.1 Å². The van der Waals surface area contributed by atoms with Gasteiger partial charge in [0.1, 0.15) is 10.8 Å². The molecule has 168 valence electrons. The molecule has 1 aliphatic rings. The molecule has 1 saturated heterocycles. The Bertz CT molecular complexity index is 1090. The topological polar surface area (TPSA) is 50.8 Å². The highest BCUT2D eigenvalue weighted by Gasteiger charge is 2.31. The predicted molar refractivity (Wildman–Crippen MR) is 130 cm³/mol. The molecule has 4 rings (SSSR count). The first kappa shape index (κ1) is 22.8. The van der Waals surface area contributed by atoms with Crippen LogP contribution in [0.1, 0.15) is 38.0 Å². The van der Waals surface area contributed by atoms with Crippen LogP contribution in [0.4, 0.5) is 5.00 Å². The Morgan fingerprint density at radius 2 is 1.81 bits per heavy atom. The van der Waals surface area contributed by atoms with Crippen LogP contribution in [-0.4, -0.2) is 44.2 Å². The van der Waals surface area contributed by atoms with Gasteiger partial charge in [0.25, 0.3) is 5.91 Å². The van der Waals surface area contributed by atoms with E-state index < -0.39 is 0 Å². The third kappa shape index (κ3) is 4.69. The number of morpholine rings is 1. The van der Waals surface area contributed by atoms with Crippen molar-refractivity contribution in [1.29, 1.82) is 0 Å². The maximum atomic E-state index is 13.1. The highest BCUT2D eigenvalue weighted by atomic mass is 35.5. The van der Waals surface area contributed by atoms with Gasteiger partial charge in [-0.25, -0.2) is 0 Å². The number of anilines is 1. The smallest absolute Gasteiger partial charge is 0.256 e. The van der Waals surface area contributed by atoms with Crippen LogP contribution in [0.25, 0.3) is 0 Å². The minimum atomic E-state index is -0.143. The SMILES string of the molecule is COc1ccc(C(=O)Nc2sc(C)c(C)c2[C@H](c2ccccc2Cl)N2CCOCC2)cc1. The minimum Gasteiger partial charge on any atom is -0.497 e. The average Bonchev–Trinajstić information content (AvgIpc) is 3.09. The van der Waals surface area contributed by atoms with E-state index in [4.69, 9.17) is 21.1 Å². The third-order valence-corrected chi connectivity index (χ3v) is 7.38. The summed E-state index contributed by atoms with van der Waals surface area (Å²) in [5.74, 6) is 0.575. The van der Waals surface area contributed by atoms with E-state index in [1.54, 1.807) is 42.7 Å². The maximum Gasteiger partial charge on any atom is 0.256 e. The van der Waals surface area contributed by atoms with Gasteiger partial charge in [-0.3, -0.25) is 9.69 Å². The number of ether oxygens (including phenoxy) is 2. The summed E-state index contributed by atoms with van der Waals surface area (Å²) in [6.07, 6.45) is 0. The van der Waals surface area contributed by atoms with Crippen LogP contribution in [0.3, 0.4) is 0 Å². The summed E-state index contributed by atoms with van der Waals surface area (Å²) in [7, 11) is 1.61. The first-order valence-electron chi connectivity index (χ1n) is 10.6. The van der Waals surface area contributed by atoms with Crippen LogP contribution in [0.2, 0.25) is 5.02 Å². The molecule has 2 aromatic carbocycles. The molecule has 0 aliphatic carbocycles. The van der Waals surface area contributed by atoms with E-state index in [-0.39, 0.29) is 11.9 Å². The van der Waals surface area contributed by atoms with Crippen molar-refractivity contribution >= 4 is 33.8 Å². The molecular weight excluding hydrogens is 444 g/mol. The van der Waals surface area contributed by atoms with Crippen LogP contribution in [-0.2, 0) is 4.74 Å². The van der Waals surface area contributed by atoms with Gasteiger partial charge in [0.15, 0.2) is 0 Å². The number of thiophene rings is 1. The number of carbonyl (C=O) groups is 1. The van der Waals surface area contributed by atoms with E-state index in [0.29, 0.717) is 18.8 Å². The molecule has 7 heteroatoms. The third-order valence-electron chi connectivity index (χ3n) is 5.90. The number of methoxy groups -OCH3 is 1. The molecule has 0 spiro atoms. The van der Waals surface area contributed by atoms with Crippen LogP contribution in [0.5, 0.6) is 5.75 Å². The monoisotopic (exact) mass is 470 g/mol. The van der Waals surface area contributed by atoms with Gasteiger partial charge in [0.05, 0.1) is 26.4 Å². The molecule has 3 aromatic rings. The zero-order valence-electron chi connectivity index (χ0n) is 18.5. The molecule has 1 aromatic heterocycles. The Hall–Kier alpha value is -2.38. The van der Waals surface area contributed by atoms with Crippen molar-refractivity contribution in [2.75, 3.05) is 38.7 Å². The number of hydrogen-bond donors (Lipinski definition) is 1. The standard InChI is InChI=1S/C25H27ClN2O3S/c1-16-17(2)32-25(27-24(29)18-8-10-19(30-3)11-9-18)22(16)23(28-12-14-31-15-13-28)20-6-4-5-7-21(20)26/h4-11,23H,12-15H2,1-3H3,(H,27,29)/t23-/m0/s1. The number of hydrogen-bond acceptors (Lipinski definition) is 5. The molecule has 0 saturated carbocycles. The highest BCUT2D eigenvalue weighted by molar-refractivity contribution is 7.16. The number of aryl methyl sites for hydroxylation is 1. The molecular formula is C25H27ClN2O3S. The fourth-order valence-electron chi connectivity index (χ4n) is 4.05. The lowest BCUT2D eigenvalue weighted by Crippen LogP contribution is -2.40. The quantitative estimate of drug-likeness (QED) is 0.502. The Balaban J connectivity index is 1.74. The van der Waals surface area contributed by atoms with Crippen LogP contribution >= 0.6 is 22.9 Å². The first-order valence-corrected chi connectivity index (χ1v) is 11.8. The van der Waals surface area contributed by atoms with Crippen molar-refractivity contribution in [1.82, 2.24) is 4.90 Å². The Kier molecular flexibility index (Phi) is 7.16. The number of halogens is 1. The van der Waals surface area contributed by atoms with Crippen LogP contribution < -0.4 is 10.1 Å². The second-order valence-corrected chi connectivity index (χ2v) is 9.41. The Morgan fingerprint density at radius 1 is 1.12 bits per heavy atom. The number of nitrogens with zero attached hydrogens (tertiary/aromatic N) is 1. The van der Waals surface area contributed by atoms with Gasteiger partial charge in [-0.2, -0.15) is 0 Å². The normalized spacial score (nSPS) is 15.4. The van der Waals surface area contributed by atoms with Crippen LogP contribution in [0.15, 0.2) is 48.5 Å². The summed E-state index contributed by atoms with van der Waals surface area (Å²) in [4.78, 5) is 16.7. The lowest BCUT2D eigenvalue weighted by atomic mass is 9.94. The number of nitrogens with one attached hydrogen (secondary N) is 1. The molecule has 0 unspecified atom stereocenters. The lowest BCUT2D eigenvalue weighted by molar-refractivity contribution is 0.0240. The molecule has 0 radical (unpaired) electrons. The van der Waals surface area contributed by atoms with Crippen molar-refractivity contribution < 1.29 is 14.3 Å². The van der Waals surface area contributed by atoms with E-state index in [1.165, 1.54) is 10.4 Å². The summed E-state index contributed by atoms with van der Waals surface area (Å²) in [5, 5.41) is 4.75. The predicted octanol–water partition coefficient (Wildman–Crippen LogP) is 5.70. The minimum absolute atomic E-state index is 0.0660. The van der Waals surface area contributed by atoms with Gasteiger partial charge in [0, 0.05) is 34.1 Å². The molecule has 32 heavy (non-hydrogen) atoms. The van der Waals surface area contributed by atoms with Gasteiger partial charge < -0.3 is 14.8 Å². The van der Waals surface area contributed by atoms with Crippen molar-refractivity contribution in [3.8, 4) is 5.75 Å². The fourth-order valence-corrected chi connectivity index (χ4v) is 5.38. The maximum absolute atomic E-state index is 13.1. The van der Waals surface area contributed by atoms with E-state index in [1.807, 2.05) is 18.2 Å². The van der Waals surface area contributed by atoms with Gasteiger partial charge in [-0.1, -0.05) is 29.8 Å². The number of rotatable bonds is 6. The van der Waals surface area contributed by atoms with Gasteiger partial charge >= 0.3 is 0 Å². The average molecular weight is 471 g/mol. The number of carbonyl (C=O) groups excluding carboxylic acids is 1.